The third kappa shape index (κ3) is 2.83. The van der Waals surface area contributed by atoms with Crippen LogP contribution in [0, 0.1) is 13.8 Å². The summed E-state index contributed by atoms with van der Waals surface area (Å²) in [5.74, 6) is 0. The van der Waals surface area contributed by atoms with E-state index < -0.39 is 0 Å². The van der Waals surface area contributed by atoms with E-state index in [1.807, 2.05) is 0 Å². The number of nitrogens with zero attached hydrogens (tertiary/aromatic N) is 1. The molecule has 2 heterocycles. The van der Waals surface area contributed by atoms with Crippen LogP contribution in [-0.2, 0) is 6.42 Å². The van der Waals surface area contributed by atoms with Crippen molar-refractivity contribution in [2.75, 3.05) is 32.7 Å². The van der Waals surface area contributed by atoms with Gasteiger partial charge in [0.15, 0.2) is 0 Å². The molecular formula is C12H21N3. The summed E-state index contributed by atoms with van der Waals surface area (Å²) >= 11 is 0. The van der Waals surface area contributed by atoms with E-state index in [0.717, 1.165) is 13.1 Å². The molecule has 0 unspecified atom stereocenters. The Balaban J connectivity index is 1.84. The van der Waals surface area contributed by atoms with Crippen molar-refractivity contribution >= 4 is 0 Å². The van der Waals surface area contributed by atoms with Crippen LogP contribution in [-0.4, -0.2) is 42.6 Å². The predicted molar refractivity (Wildman–Crippen MR) is 63.3 cm³/mol. The molecule has 0 aliphatic carbocycles. The van der Waals surface area contributed by atoms with Gasteiger partial charge in [0, 0.05) is 44.1 Å². The monoisotopic (exact) mass is 207 g/mol. The van der Waals surface area contributed by atoms with E-state index in [0.29, 0.717) is 0 Å². The summed E-state index contributed by atoms with van der Waals surface area (Å²) in [4.78, 5) is 5.90. The summed E-state index contributed by atoms with van der Waals surface area (Å²) in [7, 11) is 0. The lowest BCUT2D eigenvalue weighted by Gasteiger charge is -2.27. The second-order valence-electron chi connectivity index (χ2n) is 4.44. The quantitative estimate of drug-likeness (QED) is 0.777. The van der Waals surface area contributed by atoms with E-state index in [2.05, 4.69) is 35.1 Å². The van der Waals surface area contributed by atoms with Crippen molar-refractivity contribution in [1.82, 2.24) is 15.2 Å². The van der Waals surface area contributed by atoms with Gasteiger partial charge >= 0.3 is 0 Å². The maximum atomic E-state index is 3.38. The summed E-state index contributed by atoms with van der Waals surface area (Å²) in [5.41, 5.74) is 4.09. The van der Waals surface area contributed by atoms with E-state index in [1.165, 1.54) is 43.0 Å². The maximum Gasteiger partial charge on any atom is 0.0150 e. The van der Waals surface area contributed by atoms with Crippen molar-refractivity contribution in [3.05, 3.63) is 23.0 Å². The van der Waals surface area contributed by atoms with Crippen molar-refractivity contribution in [3.63, 3.8) is 0 Å². The number of aryl methyl sites for hydroxylation is 2. The van der Waals surface area contributed by atoms with Crippen molar-refractivity contribution in [1.29, 1.82) is 0 Å². The minimum atomic E-state index is 1.14. The summed E-state index contributed by atoms with van der Waals surface area (Å²) in [6.07, 6.45) is 1.18. The van der Waals surface area contributed by atoms with Crippen LogP contribution in [0.5, 0.6) is 0 Å². The van der Waals surface area contributed by atoms with Crippen molar-refractivity contribution in [3.8, 4) is 0 Å². The van der Waals surface area contributed by atoms with Gasteiger partial charge in [0.1, 0.15) is 0 Å². The van der Waals surface area contributed by atoms with Crippen LogP contribution in [0.2, 0.25) is 0 Å². The molecule has 2 N–H and O–H groups in total. The van der Waals surface area contributed by atoms with E-state index in [-0.39, 0.29) is 0 Å². The Morgan fingerprint density at radius 2 is 2.00 bits per heavy atom. The highest BCUT2D eigenvalue weighted by Crippen LogP contribution is 2.10. The van der Waals surface area contributed by atoms with Gasteiger partial charge in [-0.1, -0.05) is 0 Å². The van der Waals surface area contributed by atoms with Crippen molar-refractivity contribution < 1.29 is 0 Å². The number of rotatable bonds is 3. The van der Waals surface area contributed by atoms with Crippen LogP contribution in [0.4, 0.5) is 0 Å². The molecular weight excluding hydrogens is 186 g/mol. The van der Waals surface area contributed by atoms with E-state index in [1.54, 1.807) is 0 Å². The normalized spacial score (nSPS) is 18.3. The Morgan fingerprint density at radius 1 is 1.27 bits per heavy atom. The molecule has 3 heteroatoms. The number of H-pyrrole nitrogens is 1. The number of hydrogen-bond donors (Lipinski definition) is 2. The molecule has 3 nitrogen and oxygen atoms in total. The average molecular weight is 207 g/mol. The van der Waals surface area contributed by atoms with Crippen LogP contribution < -0.4 is 5.32 Å². The molecule has 0 bridgehead atoms. The molecule has 0 saturated carbocycles. The Bertz CT molecular complexity index is 311. The van der Waals surface area contributed by atoms with Gasteiger partial charge in [0.25, 0.3) is 0 Å². The average Bonchev–Trinajstić information content (AvgIpc) is 2.56. The summed E-state index contributed by atoms with van der Waals surface area (Å²) in [6, 6.07) is 2.28. The first-order valence-electron chi connectivity index (χ1n) is 5.84. The molecule has 1 aromatic rings. The predicted octanol–water partition coefficient (Wildman–Crippen LogP) is 1.08. The maximum absolute atomic E-state index is 3.38. The van der Waals surface area contributed by atoms with Gasteiger partial charge < -0.3 is 15.2 Å². The Labute approximate surface area is 91.9 Å². The molecule has 2 rings (SSSR count). The number of aromatic nitrogens is 1. The topological polar surface area (TPSA) is 31.1 Å². The molecule has 1 fully saturated rings. The molecule has 0 atom stereocenters. The van der Waals surface area contributed by atoms with Crippen molar-refractivity contribution in [2.24, 2.45) is 0 Å². The van der Waals surface area contributed by atoms with Gasteiger partial charge in [-0.15, -0.1) is 0 Å². The number of hydrogen-bond acceptors (Lipinski definition) is 2. The Kier molecular flexibility index (Phi) is 3.44. The van der Waals surface area contributed by atoms with Gasteiger partial charge in [0.05, 0.1) is 0 Å². The summed E-state index contributed by atoms with van der Waals surface area (Å²) in [6.45, 7) is 10.2. The molecule has 1 aromatic heterocycles. The first-order valence-corrected chi connectivity index (χ1v) is 5.84. The number of piperazine rings is 1. The highest BCUT2D eigenvalue weighted by molar-refractivity contribution is 5.24. The van der Waals surface area contributed by atoms with Crippen LogP contribution >= 0.6 is 0 Å². The lowest BCUT2D eigenvalue weighted by atomic mass is 10.1. The van der Waals surface area contributed by atoms with Gasteiger partial charge in [0.2, 0.25) is 0 Å². The number of nitrogens with one attached hydrogen (secondary N) is 2. The molecule has 0 radical (unpaired) electrons. The van der Waals surface area contributed by atoms with E-state index in [4.69, 9.17) is 0 Å². The van der Waals surface area contributed by atoms with Gasteiger partial charge in [-0.05, 0) is 31.9 Å². The molecule has 84 valence electrons. The highest BCUT2D eigenvalue weighted by atomic mass is 15.2. The third-order valence-electron chi connectivity index (χ3n) is 3.16. The smallest absolute Gasteiger partial charge is 0.0150 e. The number of aromatic amines is 1. The standard InChI is InChI=1S/C12H21N3/c1-10-9-12(11(2)14-10)3-6-15-7-4-13-5-8-15/h9,13-14H,3-8H2,1-2H3. The fourth-order valence-corrected chi connectivity index (χ4v) is 2.25. The first kappa shape index (κ1) is 10.7. The molecule has 0 aromatic carbocycles. The fraction of sp³-hybridized carbons (Fsp3) is 0.667. The van der Waals surface area contributed by atoms with Gasteiger partial charge in [-0.25, -0.2) is 0 Å². The second kappa shape index (κ2) is 4.81. The molecule has 1 aliphatic rings. The first-order chi connectivity index (χ1) is 7.25. The molecule has 15 heavy (non-hydrogen) atoms. The second-order valence-corrected chi connectivity index (χ2v) is 4.44. The van der Waals surface area contributed by atoms with Crippen molar-refractivity contribution in [2.45, 2.75) is 20.3 Å². The highest BCUT2D eigenvalue weighted by Gasteiger charge is 2.10. The van der Waals surface area contributed by atoms with Crippen LogP contribution in [0.25, 0.3) is 0 Å². The summed E-state index contributed by atoms with van der Waals surface area (Å²) in [5, 5.41) is 3.38. The Morgan fingerprint density at radius 3 is 2.60 bits per heavy atom. The van der Waals surface area contributed by atoms with Gasteiger partial charge in [-0.2, -0.15) is 0 Å². The lowest BCUT2D eigenvalue weighted by Crippen LogP contribution is -2.44. The minimum Gasteiger partial charge on any atom is -0.362 e. The molecule has 0 spiro atoms. The SMILES string of the molecule is Cc1cc(CCN2CCNCC2)c(C)[nH]1. The minimum absolute atomic E-state index is 1.14. The molecule has 1 saturated heterocycles. The summed E-state index contributed by atoms with van der Waals surface area (Å²) < 4.78 is 0. The van der Waals surface area contributed by atoms with E-state index in [9.17, 15) is 0 Å². The van der Waals surface area contributed by atoms with Crippen LogP contribution in [0.3, 0.4) is 0 Å². The largest absolute Gasteiger partial charge is 0.362 e. The van der Waals surface area contributed by atoms with Crippen LogP contribution in [0.1, 0.15) is 17.0 Å². The van der Waals surface area contributed by atoms with Crippen LogP contribution in [0.15, 0.2) is 6.07 Å². The fourth-order valence-electron chi connectivity index (χ4n) is 2.25. The van der Waals surface area contributed by atoms with E-state index >= 15 is 0 Å². The lowest BCUT2D eigenvalue weighted by molar-refractivity contribution is 0.244. The zero-order chi connectivity index (χ0) is 10.7. The third-order valence-corrected chi connectivity index (χ3v) is 3.16. The zero-order valence-electron chi connectivity index (χ0n) is 9.77. The zero-order valence-corrected chi connectivity index (χ0v) is 9.77. The molecule has 0 amide bonds. The Hall–Kier alpha value is -0.800. The van der Waals surface area contributed by atoms with Gasteiger partial charge in [-0.3, -0.25) is 0 Å². The molecule has 1 aliphatic heterocycles.